The number of aliphatic hydroxyl groups excluding tert-OH is 1. The minimum atomic E-state index is -4.76. The number of methoxy groups -OCH3 is 1. The number of hydrogen-bond acceptors (Lipinski definition) is 3. The van der Waals surface area contributed by atoms with E-state index >= 15 is 0 Å². The van der Waals surface area contributed by atoms with Crippen LogP contribution in [0, 0.1) is 11.8 Å². The number of ether oxygens (including phenoxy) is 2. The summed E-state index contributed by atoms with van der Waals surface area (Å²) in [4.78, 5) is 0. The Morgan fingerprint density at radius 1 is 1.10 bits per heavy atom. The van der Waals surface area contributed by atoms with Gasteiger partial charge in [-0.25, -0.2) is 0 Å². The van der Waals surface area contributed by atoms with Crippen molar-refractivity contribution in [3.63, 3.8) is 0 Å². The lowest BCUT2D eigenvalue weighted by Crippen LogP contribution is -2.17. The molecule has 164 valence electrons. The first-order valence-corrected chi connectivity index (χ1v) is 10.1. The third-order valence-corrected chi connectivity index (χ3v) is 5.00. The molecule has 30 heavy (non-hydrogen) atoms. The molecule has 1 N–H and O–H groups in total. The van der Waals surface area contributed by atoms with E-state index in [1.54, 1.807) is 0 Å². The molecule has 6 heteroatoms. The Kier molecular flexibility index (Phi) is 9.24. The van der Waals surface area contributed by atoms with Crippen LogP contribution in [0.4, 0.5) is 13.2 Å². The molecule has 0 spiro atoms. The molecule has 0 heterocycles. The monoisotopic (exact) mass is 422 g/mol. The second-order valence-electron chi connectivity index (χ2n) is 7.45. The van der Waals surface area contributed by atoms with E-state index in [0.29, 0.717) is 28.7 Å². The third kappa shape index (κ3) is 8.11. The first kappa shape index (κ1) is 23.8. The maximum absolute atomic E-state index is 12.4. The Balaban J connectivity index is 0.000000456. The summed E-state index contributed by atoms with van der Waals surface area (Å²) in [5.41, 5.74) is 0.999. The number of rotatable bonds is 5. The average molecular weight is 422 g/mol. The van der Waals surface area contributed by atoms with Gasteiger partial charge in [-0.2, -0.15) is 0 Å². The number of aliphatic hydroxyl groups is 1. The normalized spacial score (nSPS) is 19.5. The highest BCUT2D eigenvalue weighted by atomic mass is 19.4. The van der Waals surface area contributed by atoms with Gasteiger partial charge in [0.15, 0.2) is 0 Å². The summed E-state index contributed by atoms with van der Waals surface area (Å²) in [5, 5.41) is 9.73. The van der Waals surface area contributed by atoms with Gasteiger partial charge in [-0.1, -0.05) is 62.2 Å². The van der Waals surface area contributed by atoms with Crippen LogP contribution in [-0.4, -0.2) is 25.2 Å². The molecule has 3 rings (SSSR count). The first-order chi connectivity index (χ1) is 14.3. The van der Waals surface area contributed by atoms with Crippen molar-refractivity contribution in [2.45, 2.75) is 39.0 Å². The van der Waals surface area contributed by atoms with Crippen molar-refractivity contribution >= 4 is 5.57 Å². The highest BCUT2D eigenvalue weighted by Crippen LogP contribution is 2.36. The van der Waals surface area contributed by atoms with E-state index in [1.165, 1.54) is 31.7 Å². The fourth-order valence-electron chi connectivity index (χ4n) is 3.66. The van der Waals surface area contributed by atoms with Gasteiger partial charge in [-0.3, -0.25) is 0 Å². The van der Waals surface area contributed by atoms with Crippen LogP contribution in [0.2, 0.25) is 0 Å². The molecule has 0 aromatic heterocycles. The molecule has 0 bridgehead atoms. The molecular weight excluding hydrogens is 393 g/mol. The van der Waals surface area contributed by atoms with E-state index in [0.717, 1.165) is 19.3 Å². The Morgan fingerprint density at radius 2 is 1.73 bits per heavy atom. The minimum absolute atomic E-state index is 0.267. The Hall–Kier alpha value is -2.47. The number of hydrogen-bond donors (Lipinski definition) is 1. The van der Waals surface area contributed by atoms with Crippen LogP contribution < -0.4 is 9.47 Å². The van der Waals surface area contributed by atoms with Crippen molar-refractivity contribution in [1.82, 2.24) is 0 Å². The highest BCUT2D eigenvalue weighted by Gasteiger charge is 2.31. The van der Waals surface area contributed by atoms with E-state index < -0.39 is 6.36 Å². The molecule has 1 saturated carbocycles. The molecule has 3 nitrogen and oxygen atoms in total. The number of benzene rings is 2. The van der Waals surface area contributed by atoms with E-state index in [4.69, 9.17) is 4.74 Å². The van der Waals surface area contributed by atoms with Gasteiger partial charge in [0.05, 0.1) is 13.7 Å². The molecular formula is C24H29F3O3. The fourth-order valence-corrected chi connectivity index (χ4v) is 3.66. The summed E-state index contributed by atoms with van der Waals surface area (Å²) < 4.78 is 46.5. The van der Waals surface area contributed by atoms with Crippen LogP contribution in [0.5, 0.6) is 11.5 Å². The summed E-state index contributed by atoms with van der Waals surface area (Å²) in [7, 11) is 1.45. The van der Waals surface area contributed by atoms with Crippen molar-refractivity contribution < 1.29 is 27.8 Å². The average Bonchev–Trinajstić information content (AvgIpc) is 2.72. The smallest absolute Gasteiger partial charge is 0.496 e. The summed E-state index contributed by atoms with van der Waals surface area (Å²) in [6.07, 6.45) is 1.56. The SMILES string of the molecule is COc1ccc(OC(F)(F)F)cc1/C(=C/C1CCCC(C)C1)CO.c1ccccc1. The largest absolute Gasteiger partial charge is 0.573 e. The predicted octanol–water partition coefficient (Wildman–Crippen LogP) is 6.48. The van der Waals surface area contributed by atoms with Gasteiger partial charge in [-0.05, 0) is 48.4 Å². The molecule has 0 amide bonds. The summed E-state index contributed by atoms with van der Waals surface area (Å²) in [5.74, 6) is 1.01. The van der Waals surface area contributed by atoms with Crippen molar-refractivity contribution in [3.8, 4) is 11.5 Å². The summed E-state index contributed by atoms with van der Waals surface area (Å²) >= 11 is 0. The lowest BCUT2D eigenvalue weighted by Gasteiger charge is -2.25. The molecule has 2 aromatic rings. The van der Waals surface area contributed by atoms with Crippen molar-refractivity contribution in [2.75, 3.05) is 13.7 Å². The number of halogens is 3. The number of alkyl halides is 3. The van der Waals surface area contributed by atoms with Crippen LogP contribution in [-0.2, 0) is 0 Å². The van der Waals surface area contributed by atoms with E-state index in [-0.39, 0.29) is 12.4 Å². The van der Waals surface area contributed by atoms with Gasteiger partial charge in [0.2, 0.25) is 0 Å². The van der Waals surface area contributed by atoms with Gasteiger partial charge in [0.25, 0.3) is 0 Å². The van der Waals surface area contributed by atoms with Gasteiger partial charge < -0.3 is 14.6 Å². The lowest BCUT2D eigenvalue weighted by atomic mass is 9.81. The summed E-state index contributed by atoms with van der Waals surface area (Å²) in [6.45, 7) is 1.92. The standard InChI is InChI=1S/C18H23F3O3.C6H6/c1-12-4-3-5-13(8-12)9-14(11-22)16-10-15(24-18(19,20)21)6-7-17(16)23-2;1-2-4-6-5-3-1/h6-7,9-10,12-13,22H,3-5,8,11H2,1-2H3;1-6H/b14-9+;. The zero-order valence-electron chi connectivity index (χ0n) is 17.4. The molecule has 0 radical (unpaired) electrons. The predicted molar refractivity (Wildman–Crippen MR) is 112 cm³/mol. The van der Waals surface area contributed by atoms with Crippen LogP contribution in [0.25, 0.3) is 5.57 Å². The van der Waals surface area contributed by atoms with E-state index in [2.05, 4.69) is 11.7 Å². The number of allylic oxidation sites excluding steroid dienone is 1. The highest BCUT2D eigenvalue weighted by molar-refractivity contribution is 5.72. The molecule has 2 aromatic carbocycles. The summed E-state index contributed by atoms with van der Waals surface area (Å²) in [6, 6.07) is 15.9. The Bertz CT molecular complexity index is 761. The minimum Gasteiger partial charge on any atom is -0.496 e. The third-order valence-electron chi connectivity index (χ3n) is 5.00. The fraction of sp³-hybridized carbons (Fsp3) is 0.417. The second-order valence-corrected chi connectivity index (χ2v) is 7.45. The zero-order chi connectivity index (χ0) is 22.0. The van der Waals surface area contributed by atoms with Gasteiger partial charge in [0, 0.05) is 5.56 Å². The van der Waals surface area contributed by atoms with Gasteiger partial charge >= 0.3 is 6.36 Å². The molecule has 1 aliphatic carbocycles. The van der Waals surface area contributed by atoms with E-state index in [9.17, 15) is 18.3 Å². The van der Waals surface area contributed by atoms with Crippen LogP contribution in [0.15, 0.2) is 60.7 Å². The molecule has 2 unspecified atom stereocenters. The molecule has 0 aliphatic heterocycles. The molecule has 1 aliphatic rings. The van der Waals surface area contributed by atoms with E-state index in [1.807, 2.05) is 42.5 Å². The maximum atomic E-state index is 12.4. The topological polar surface area (TPSA) is 38.7 Å². The second kappa shape index (κ2) is 11.6. The maximum Gasteiger partial charge on any atom is 0.573 e. The van der Waals surface area contributed by atoms with Crippen molar-refractivity contribution in [1.29, 1.82) is 0 Å². The van der Waals surface area contributed by atoms with Crippen molar-refractivity contribution in [3.05, 3.63) is 66.2 Å². The lowest BCUT2D eigenvalue weighted by molar-refractivity contribution is -0.274. The van der Waals surface area contributed by atoms with Crippen molar-refractivity contribution in [2.24, 2.45) is 11.8 Å². The van der Waals surface area contributed by atoms with Crippen LogP contribution in [0.1, 0.15) is 38.2 Å². The Morgan fingerprint density at radius 3 is 2.23 bits per heavy atom. The van der Waals surface area contributed by atoms with Crippen LogP contribution in [0.3, 0.4) is 0 Å². The van der Waals surface area contributed by atoms with Gasteiger partial charge in [0.1, 0.15) is 11.5 Å². The molecule has 0 saturated heterocycles. The zero-order valence-corrected chi connectivity index (χ0v) is 17.4. The quantitative estimate of drug-likeness (QED) is 0.599. The molecule has 1 fully saturated rings. The molecule has 2 atom stereocenters. The van der Waals surface area contributed by atoms with Crippen LogP contribution >= 0.6 is 0 Å². The Labute approximate surface area is 176 Å². The van der Waals surface area contributed by atoms with Gasteiger partial charge in [-0.15, -0.1) is 13.2 Å². The first-order valence-electron chi connectivity index (χ1n) is 10.1.